The number of hydrogen-bond acceptors (Lipinski definition) is 17. The minimum atomic E-state index is -1.01. The Morgan fingerprint density at radius 2 is 0.812 bits per heavy atom. The number of amides is 4. The quantitative estimate of drug-likeness (QED) is 0.0165. The molecule has 4 saturated heterocycles. The molecule has 4 amide bonds. The molecule has 0 aromatic heterocycles. The van der Waals surface area contributed by atoms with Crippen LogP contribution in [0.3, 0.4) is 0 Å². The standard InChI is InChI=1S/C53H75BN2O8.C52H74BN3O8/c1-8-10-12-16-40(31-45(58)39-25-23-38(24-26-39)37-21-19-36(20-22-37)15-11-9-2)51(62)56-44-28-27-42(57)17-13-14-18-43(55-50(61)34(3)29-46(44)59)47(60)30-35(4)54-63-49-33-41-32-48(52(41,5)6)53(49,7)64-54;1-7-8-13-35-17-19-36(20-18-35)37-21-23-38(24-22-37)44(58)30-39(14-11-12-27-54)50(62)56-43-26-25-41(57)15-9-10-16-42(55-49(61)33(2)28-45(43)59)46(60)29-34(3)53-63-48-32-40-31-47(51(40,4)5)52(48,6)64-53/h19-26,34-35,40-41,43-44,48-49H,8-18,27-33H2,1-7H3,(H,55,61)(H,56,62);17-24,33-34,39-40,42-43,47-48H,7-16,25-32,54H2,1-6H3,(H,55,61)(H,56,62)/t34-,35-,40-,41+,43+,44+,48+,49-,53+;33-,34-,39-,40+,42+,43+,47+,48-,52+/m11/s1. The molecule has 14 rings (SSSR count). The third-order valence-corrected chi connectivity index (χ3v) is 30.9. The fourth-order valence-corrected chi connectivity index (χ4v) is 21.8. The van der Waals surface area contributed by atoms with Gasteiger partial charge >= 0.3 is 14.2 Å². The molecule has 10 fully saturated rings. The van der Waals surface area contributed by atoms with E-state index in [2.05, 4.69) is 132 Å². The van der Waals surface area contributed by atoms with Gasteiger partial charge in [0.1, 0.15) is 11.6 Å². The number of nitrogens with two attached hydrogens (primary N) is 1. The zero-order valence-corrected chi connectivity index (χ0v) is 79.2. The Balaban J connectivity index is 0.000000248. The Kier molecular flexibility index (Phi) is 36.1. The lowest BCUT2D eigenvalue weighted by Gasteiger charge is -2.64. The predicted molar refractivity (Wildman–Crippen MR) is 502 cm³/mol. The summed E-state index contributed by atoms with van der Waals surface area (Å²) in [5.41, 5.74) is 13.2. The van der Waals surface area contributed by atoms with Crippen molar-refractivity contribution in [3.8, 4) is 22.3 Å². The van der Waals surface area contributed by atoms with Crippen LogP contribution in [0.25, 0.3) is 22.3 Å². The molecule has 21 nitrogen and oxygen atoms in total. The van der Waals surface area contributed by atoms with Crippen molar-refractivity contribution in [3.05, 3.63) is 119 Å². The first-order valence-electron chi connectivity index (χ1n) is 49.2. The minimum Gasteiger partial charge on any atom is -0.405 e. The van der Waals surface area contributed by atoms with Crippen LogP contribution >= 0.6 is 0 Å². The van der Waals surface area contributed by atoms with Crippen LogP contribution < -0.4 is 27.0 Å². The fraction of sp³-hybridized carbons (Fsp3) is 0.657. The lowest BCUT2D eigenvalue weighted by Crippen LogP contribution is -2.65. The van der Waals surface area contributed by atoms with E-state index in [0.29, 0.717) is 106 Å². The van der Waals surface area contributed by atoms with Gasteiger partial charge in [0.05, 0.1) is 47.6 Å². The van der Waals surface area contributed by atoms with Crippen LogP contribution in [0.2, 0.25) is 11.6 Å². The first-order chi connectivity index (χ1) is 61.1. The van der Waals surface area contributed by atoms with Crippen LogP contribution in [0, 0.1) is 58.2 Å². The van der Waals surface area contributed by atoms with Gasteiger partial charge in [0.2, 0.25) is 23.6 Å². The molecule has 0 spiro atoms. The van der Waals surface area contributed by atoms with E-state index < -0.39 is 85.7 Å². The SMILES string of the molecule is CCCCC[C@H](CC(=O)c1ccc(-c2ccc(CCCC)cc2)cc1)C(=O)N[C@H]1CCC(=O)CCCC[C@@H](C(=O)C[C@@H](C)B2O[C@@H]3C[C@@H]4C[C@@H](C4(C)C)[C@]3(C)O2)NC(=O)[C@H](C)CC1=O.CCCCc1ccc(-c2ccc(C(=O)C[C@@H](CCCCN)C(=O)N[C@H]3CCC(=O)CCCC[C@@H](C(=O)C[C@@H](C)B4O[C@@H]5C[C@@H]6C[C@@H](C6(C)C)[C@]5(C)O4)NC(=O)[C@H](C)CC3=O)cc2)cc1. The lowest BCUT2D eigenvalue weighted by molar-refractivity contribution is -0.199. The average Bonchev–Trinajstić information content (AvgIpc) is 1.45. The van der Waals surface area contributed by atoms with Gasteiger partial charge in [-0.1, -0.05) is 225 Å². The molecule has 4 aromatic carbocycles. The van der Waals surface area contributed by atoms with E-state index in [1.807, 2.05) is 50.2 Å². The number of hydrogen-bond donors (Lipinski definition) is 5. The molecular formula is C105H149B2N5O16. The minimum absolute atomic E-state index is 0.00230. The van der Waals surface area contributed by atoms with Gasteiger partial charge in [-0.2, -0.15) is 0 Å². The summed E-state index contributed by atoms with van der Waals surface area (Å²) in [5.74, 6) is -4.34. The molecule has 0 unspecified atom stereocenters. The van der Waals surface area contributed by atoms with Crippen LogP contribution in [0.1, 0.15) is 334 Å². The summed E-state index contributed by atoms with van der Waals surface area (Å²) >= 11 is 0. The summed E-state index contributed by atoms with van der Waals surface area (Å²) in [5, 5.41) is 11.8. The number of rotatable bonds is 34. The Hall–Kier alpha value is -7.95. The van der Waals surface area contributed by atoms with Crippen LogP contribution in [0.15, 0.2) is 97.1 Å². The van der Waals surface area contributed by atoms with Gasteiger partial charge in [0.15, 0.2) is 34.7 Å². The predicted octanol–water partition coefficient (Wildman–Crippen LogP) is 18.6. The number of benzene rings is 4. The highest BCUT2D eigenvalue weighted by Crippen LogP contribution is 2.67. The summed E-state index contributed by atoms with van der Waals surface area (Å²) in [4.78, 5) is 165. The summed E-state index contributed by atoms with van der Waals surface area (Å²) in [7, 11) is -1.03. The van der Waals surface area contributed by atoms with E-state index in [1.165, 1.54) is 11.1 Å². The Labute approximate surface area is 763 Å². The zero-order chi connectivity index (χ0) is 92.4. The van der Waals surface area contributed by atoms with E-state index >= 15 is 0 Å². The molecular weight excluding hydrogens is 1610 g/mol. The smallest absolute Gasteiger partial charge is 0.405 e. The maximum Gasteiger partial charge on any atom is 0.461 e. The van der Waals surface area contributed by atoms with Gasteiger partial charge in [-0.15, -0.1) is 0 Å². The molecule has 6 aliphatic carbocycles. The second-order valence-corrected chi connectivity index (χ2v) is 41.2. The second-order valence-electron chi connectivity index (χ2n) is 41.2. The van der Waals surface area contributed by atoms with Crippen molar-refractivity contribution in [1.29, 1.82) is 0 Å². The molecule has 10 aliphatic rings. The first kappa shape index (κ1) is 101. The highest BCUT2D eigenvalue weighted by atomic mass is 16.7. The average molecular weight is 1760 g/mol. The van der Waals surface area contributed by atoms with Crippen LogP contribution in [-0.2, 0) is 79.4 Å². The third kappa shape index (κ3) is 25.5. The van der Waals surface area contributed by atoms with E-state index in [0.717, 1.165) is 106 Å². The maximum atomic E-state index is 14.1. The molecule has 0 radical (unpaired) electrons. The van der Waals surface area contributed by atoms with Gasteiger partial charge in [-0.05, 0) is 209 Å². The molecule has 6 saturated carbocycles. The van der Waals surface area contributed by atoms with Crippen LogP contribution in [0.4, 0.5) is 0 Å². The highest BCUT2D eigenvalue weighted by molar-refractivity contribution is 6.48. The van der Waals surface area contributed by atoms with Gasteiger partial charge in [0, 0.05) is 99.0 Å². The summed E-state index contributed by atoms with van der Waals surface area (Å²) in [6.45, 7) is 27.7. The monoisotopic (exact) mass is 1760 g/mol. The molecule has 6 N–H and O–H groups in total. The van der Waals surface area contributed by atoms with Gasteiger partial charge < -0.3 is 45.6 Å². The normalized spacial score (nSPS) is 28.2. The van der Waals surface area contributed by atoms with Crippen LogP contribution in [-0.4, -0.2) is 138 Å². The van der Waals surface area contributed by atoms with Crippen molar-refractivity contribution in [3.63, 3.8) is 0 Å². The van der Waals surface area contributed by atoms with Crippen molar-refractivity contribution in [2.75, 3.05) is 6.54 Å². The molecule has 128 heavy (non-hydrogen) atoms. The molecule has 4 aliphatic heterocycles. The third-order valence-electron chi connectivity index (χ3n) is 30.9. The molecule has 4 bridgehead atoms. The number of unbranched alkanes of at least 4 members (excludes halogenated alkanes) is 5. The Morgan fingerprint density at radius 3 is 1.16 bits per heavy atom. The molecule has 4 heterocycles. The van der Waals surface area contributed by atoms with E-state index in [4.69, 9.17) is 24.4 Å². The van der Waals surface area contributed by atoms with E-state index in [1.54, 1.807) is 26.0 Å². The number of aryl methyl sites for hydroxylation is 2. The van der Waals surface area contributed by atoms with Gasteiger partial charge in [0.25, 0.3) is 0 Å². The molecule has 696 valence electrons. The van der Waals surface area contributed by atoms with E-state index in [9.17, 15) is 57.5 Å². The summed E-state index contributed by atoms with van der Waals surface area (Å²) in [6, 6.07) is 28.4. The van der Waals surface area contributed by atoms with Crippen molar-refractivity contribution in [1.82, 2.24) is 21.3 Å². The van der Waals surface area contributed by atoms with E-state index in [-0.39, 0.29) is 169 Å². The van der Waals surface area contributed by atoms with Gasteiger partial charge in [-0.25, -0.2) is 0 Å². The molecule has 4 aromatic rings. The van der Waals surface area contributed by atoms with Crippen molar-refractivity contribution in [2.24, 2.45) is 63.9 Å². The fourth-order valence-electron chi connectivity index (χ4n) is 21.8. The topological polar surface area (TPSA) is 316 Å². The second kappa shape index (κ2) is 45.9. The van der Waals surface area contributed by atoms with Crippen molar-refractivity contribution < 1.29 is 76.2 Å². The largest absolute Gasteiger partial charge is 0.461 e. The maximum absolute atomic E-state index is 14.1. The number of carbonyl (C=O) groups excluding carboxylic acids is 12. The van der Waals surface area contributed by atoms with Crippen molar-refractivity contribution >= 4 is 84.1 Å². The molecule has 23 heteroatoms. The van der Waals surface area contributed by atoms with Crippen LogP contribution in [0.5, 0.6) is 0 Å². The zero-order valence-electron chi connectivity index (χ0n) is 79.2. The van der Waals surface area contributed by atoms with Crippen molar-refractivity contribution in [2.45, 2.75) is 374 Å². The number of Topliss-reactive ketones (excluding diaryl/α,β-unsaturated/α-hetero) is 8. The summed E-state index contributed by atoms with van der Waals surface area (Å²) in [6.07, 6.45) is 19.5. The Morgan fingerprint density at radius 1 is 0.453 bits per heavy atom. The number of nitrogens with one attached hydrogen (secondary N) is 4. The number of carbonyl (C=O) groups is 12. The Bertz CT molecular complexity index is 4210. The number of ketones is 8. The molecule has 18 atom stereocenters. The van der Waals surface area contributed by atoms with Gasteiger partial charge in [-0.3, -0.25) is 57.5 Å². The lowest BCUT2D eigenvalue weighted by atomic mass is 9.43. The first-order valence-corrected chi connectivity index (χ1v) is 49.2. The summed E-state index contributed by atoms with van der Waals surface area (Å²) < 4.78 is 26.2. The highest BCUT2D eigenvalue weighted by Gasteiger charge is 2.70.